The lowest BCUT2D eigenvalue weighted by Gasteiger charge is -2.08. The van der Waals surface area contributed by atoms with E-state index in [9.17, 15) is 14.4 Å². The van der Waals surface area contributed by atoms with Gasteiger partial charge in [-0.25, -0.2) is 0 Å². The molecule has 0 bridgehead atoms. The third kappa shape index (κ3) is 6.92. The topological polar surface area (TPSA) is 84.5 Å². The van der Waals surface area contributed by atoms with Crippen molar-refractivity contribution in [3.63, 3.8) is 0 Å². The largest absolute Gasteiger partial charge is 0.427 e. The van der Waals surface area contributed by atoms with Crippen molar-refractivity contribution in [2.45, 2.75) is 13.5 Å². The smallest absolute Gasteiger partial charge is 0.308 e. The van der Waals surface area contributed by atoms with Gasteiger partial charge in [-0.15, -0.1) is 0 Å². The standard InChI is InChI=1S/C25H21BrN2O4/c1-17(29)32-22-7-4-6-20(15-22)25(31)28-21-12-9-18(10-13-21)16-27-24(30)14-11-19-5-2-3-8-23(19)26/h2-15H,16H2,1H3,(H,27,30)(H,28,31)/b14-11+. The molecule has 0 unspecified atom stereocenters. The molecule has 0 heterocycles. The molecule has 2 amide bonds. The number of carbonyl (C=O) groups excluding carboxylic acids is 3. The number of benzene rings is 3. The van der Waals surface area contributed by atoms with Crippen LogP contribution in [0.15, 0.2) is 83.3 Å². The molecule has 3 aromatic carbocycles. The molecule has 32 heavy (non-hydrogen) atoms. The summed E-state index contributed by atoms with van der Waals surface area (Å²) < 4.78 is 5.92. The molecular weight excluding hydrogens is 472 g/mol. The molecular formula is C25H21BrN2O4. The SMILES string of the molecule is CC(=O)Oc1cccc(C(=O)Nc2ccc(CNC(=O)/C=C/c3ccccc3Br)cc2)c1. The van der Waals surface area contributed by atoms with Gasteiger partial charge >= 0.3 is 5.97 Å². The monoisotopic (exact) mass is 492 g/mol. The summed E-state index contributed by atoms with van der Waals surface area (Å²) in [7, 11) is 0. The Morgan fingerprint density at radius 1 is 0.969 bits per heavy atom. The van der Waals surface area contributed by atoms with Gasteiger partial charge in [0, 0.05) is 35.3 Å². The molecule has 162 valence electrons. The fourth-order valence-corrected chi connectivity index (χ4v) is 3.22. The summed E-state index contributed by atoms with van der Waals surface area (Å²) in [6, 6.07) is 21.2. The van der Waals surface area contributed by atoms with Crippen LogP contribution in [0.3, 0.4) is 0 Å². The number of rotatable bonds is 7. The minimum Gasteiger partial charge on any atom is -0.427 e. The number of esters is 1. The van der Waals surface area contributed by atoms with Gasteiger partial charge in [-0.05, 0) is 53.6 Å². The molecule has 0 radical (unpaired) electrons. The molecule has 7 heteroatoms. The van der Waals surface area contributed by atoms with Gasteiger partial charge in [0.05, 0.1) is 0 Å². The van der Waals surface area contributed by atoms with E-state index >= 15 is 0 Å². The van der Waals surface area contributed by atoms with Gasteiger partial charge in [0.2, 0.25) is 5.91 Å². The van der Waals surface area contributed by atoms with Crippen LogP contribution in [0, 0.1) is 0 Å². The second kappa shape index (κ2) is 11.1. The average Bonchev–Trinajstić information content (AvgIpc) is 2.78. The predicted octanol–water partition coefficient (Wildman–Crippen LogP) is 4.96. The summed E-state index contributed by atoms with van der Waals surface area (Å²) in [5.41, 5.74) is 2.79. The van der Waals surface area contributed by atoms with Crippen molar-refractivity contribution in [2.75, 3.05) is 5.32 Å². The summed E-state index contributed by atoms with van der Waals surface area (Å²) in [4.78, 5) is 35.6. The van der Waals surface area contributed by atoms with Gasteiger partial charge in [0.1, 0.15) is 5.75 Å². The van der Waals surface area contributed by atoms with Gasteiger partial charge in [-0.2, -0.15) is 0 Å². The van der Waals surface area contributed by atoms with Crippen LogP contribution < -0.4 is 15.4 Å². The molecule has 0 aliphatic heterocycles. The molecule has 0 saturated carbocycles. The molecule has 0 aromatic heterocycles. The maximum absolute atomic E-state index is 12.4. The molecule has 0 fully saturated rings. The van der Waals surface area contributed by atoms with Gasteiger partial charge in [-0.3, -0.25) is 14.4 Å². The van der Waals surface area contributed by atoms with E-state index in [4.69, 9.17) is 4.74 Å². The Kier molecular flexibility index (Phi) is 7.94. The first-order valence-electron chi connectivity index (χ1n) is 9.80. The lowest BCUT2D eigenvalue weighted by atomic mass is 10.1. The van der Waals surface area contributed by atoms with E-state index in [2.05, 4.69) is 26.6 Å². The third-order valence-electron chi connectivity index (χ3n) is 4.36. The first-order valence-corrected chi connectivity index (χ1v) is 10.6. The highest BCUT2D eigenvalue weighted by Crippen LogP contribution is 2.18. The van der Waals surface area contributed by atoms with Gasteiger partial charge in [0.15, 0.2) is 0 Å². The normalized spacial score (nSPS) is 10.6. The maximum Gasteiger partial charge on any atom is 0.308 e. The summed E-state index contributed by atoms with van der Waals surface area (Å²) in [5, 5.41) is 5.62. The highest BCUT2D eigenvalue weighted by Gasteiger charge is 2.08. The second-order valence-electron chi connectivity index (χ2n) is 6.85. The molecule has 0 saturated heterocycles. The molecule has 0 aliphatic rings. The number of carbonyl (C=O) groups is 3. The van der Waals surface area contributed by atoms with Crippen molar-refractivity contribution in [3.05, 3.63) is 100 Å². The first kappa shape index (κ1) is 23.0. The quantitative estimate of drug-likeness (QED) is 0.277. The van der Waals surface area contributed by atoms with E-state index < -0.39 is 5.97 Å². The van der Waals surface area contributed by atoms with Gasteiger partial charge in [0.25, 0.3) is 5.91 Å². The zero-order chi connectivity index (χ0) is 22.9. The van der Waals surface area contributed by atoms with Crippen LogP contribution in [0.5, 0.6) is 5.75 Å². The Hall–Kier alpha value is -3.71. The van der Waals surface area contributed by atoms with Crippen molar-refractivity contribution in [3.8, 4) is 5.75 Å². The van der Waals surface area contributed by atoms with Gasteiger partial charge < -0.3 is 15.4 Å². The third-order valence-corrected chi connectivity index (χ3v) is 5.08. The molecule has 0 spiro atoms. The number of halogens is 1. The van der Waals surface area contributed by atoms with Crippen LogP contribution in [0.2, 0.25) is 0 Å². The van der Waals surface area contributed by atoms with Crippen molar-refractivity contribution in [1.29, 1.82) is 0 Å². The maximum atomic E-state index is 12.4. The lowest BCUT2D eigenvalue weighted by molar-refractivity contribution is -0.131. The van der Waals surface area contributed by atoms with E-state index in [0.717, 1.165) is 15.6 Å². The predicted molar refractivity (Wildman–Crippen MR) is 127 cm³/mol. The van der Waals surface area contributed by atoms with E-state index in [-0.39, 0.29) is 11.8 Å². The number of ether oxygens (including phenoxy) is 1. The van der Waals surface area contributed by atoms with E-state index in [1.807, 2.05) is 36.4 Å². The van der Waals surface area contributed by atoms with Crippen molar-refractivity contribution >= 4 is 45.5 Å². The Morgan fingerprint density at radius 3 is 2.44 bits per heavy atom. The first-order chi connectivity index (χ1) is 15.4. The van der Waals surface area contributed by atoms with Crippen molar-refractivity contribution < 1.29 is 19.1 Å². The summed E-state index contributed by atoms with van der Waals surface area (Å²) in [6.45, 7) is 1.66. The number of hydrogen-bond acceptors (Lipinski definition) is 4. The highest BCUT2D eigenvalue weighted by atomic mass is 79.9. The van der Waals surface area contributed by atoms with Crippen LogP contribution >= 0.6 is 15.9 Å². The Morgan fingerprint density at radius 2 is 1.72 bits per heavy atom. The Balaban J connectivity index is 1.52. The van der Waals surface area contributed by atoms with Gasteiger partial charge in [-0.1, -0.05) is 52.3 Å². The van der Waals surface area contributed by atoms with Crippen LogP contribution in [0.4, 0.5) is 5.69 Å². The summed E-state index contributed by atoms with van der Waals surface area (Å²) in [5.74, 6) is -0.665. The Labute approximate surface area is 194 Å². The van der Waals surface area contributed by atoms with E-state index in [1.54, 1.807) is 36.4 Å². The molecule has 0 atom stereocenters. The van der Waals surface area contributed by atoms with E-state index in [1.165, 1.54) is 19.1 Å². The minimum absolute atomic E-state index is 0.203. The van der Waals surface area contributed by atoms with Crippen LogP contribution in [-0.4, -0.2) is 17.8 Å². The molecule has 2 N–H and O–H groups in total. The fraction of sp³-hybridized carbons (Fsp3) is 0.0800. The lowest BCUT2D eigenvalue weighted by Crippen LogP contribution is -2.20. The van der Waals surface area contributed by atoms with Crippen molar-refractivity contribution in [2.24, 2.45) is 0 Å². The number of hydrogen-bond donors (Lipinski definition) is 2. The molecule has 3 aromatic rings. The molecule has 6 nitrogen and oxygen atoms in total. The molecule has 3 rings (SSSR count). The van der Waals surface area contributed by atoms with E-state index in [0.29, 0.717) is 23.5 Å². The van der Waals surface area contributed by atoms with Crippen LogP contribution in [0.25, 0.3) is 6.08 Å². The van der Waals surface area contributed by atoms with Crippen LogP contribution in [-0.2, 0) is 16.1 Å². The molecule has 0 aliphatic carbocycles. The minimum atomic E-state index is -0.450. The Bertz CT molecular complexity index is 1160. The second-order valence-corrected chi connectivity index (χ2v) is 7.70. The number of nitrogens with one attached hydrogen (secondary N) is 2. The summed E-state index contributed by atoms with van der Waals surface area (Å²) >= 11 is 3.44. The van der Waals surface area contributed by atoms with Crippen LogP contribution in [0.1, 0.15) is 28.4 Å². The average molecular weight is 493 g/mol. The number of anilines is 1. The zero-order valence-corrected chi connectivity index (χ0v) is 18.9. The fourth-order valence-electron chi connectivity index (χ4n) is 2.80. The summed E-state index contributed by atoms with van der Waals surface area (Å²) in [6.07, 6.45) is 3.23. The van der Waals surface area contributed by atoms with Crippen molar-refractivity contribution in [1.82, 2.24) is 5.32 Å². The zero-order valence-electron chi connectivity index (χ0n) is 17.3. The number of amides is 2. The highest BCUT2D eigenvalue weighted by molar-refractivity contribution is 9.10.